The van der Waals surface area contributed by atoms with Crippen molar-refractivity contribution in [3.8, 4) is 0 Å². The summed E-state index contributed by atoms with van der Waals surface area (Å²) in [5.41, 5.74) is 0. The molecule has 0 aromatic rings. The Bertz CT molecular complexity index is 410. The fourth-order valence-electron chi connectivity index (χ4n) is 4.40. The van der Waals surface area contributed by atoms with Crippen molar-refractivity contribution in [2.24, 2.45) is 11.8 Å². The summed E-state index contributed by atoms with van der Waals surface area (Å²) in [6.07, 6.45) is 8.63. The molecule has 118 valence electrons. The van der Waals surface area contributed by atoms with E-state index in [0.717, 1.165) is 38.3 Å². The number of piperidine rings is 1. The van der Waals surface area contributed by atoms with E-state index >= 15 is 0 Å². The summed E-state index contributed by atoms with van der Waals surface area (Å²) in [4.78, 5) is 28.9. The zero-order chi connectivity index (χ0) is 14.8. The molecule has 0 radical (unpaired) electrons. The second-order valence-electron chi connectivity index (χ2n) is 7.27. The van der Waals surface area contributed by atoms with E-state index in [9.17, 15) is 9.59 Å². The first-order chi connectivity index (χ1) is 10.1. The smallest absolute Gasteiger partial charge is 0.245 e. The molecule has 0 aromatic heterocycles. The van der Waals surface area contributed by atoms with Crippen LogP contribution < -0.4 is 0 Å². The second-order valence-corrected chi connectivity index (χ2v) is 7.27. The topological polar surface area (TPSA) is 40.6 Å². The maximum Gasteiger partial charge on any atom is 0.245 e. The van der Waals surface area contributed by atoms with Gasteiger partial charge in [-0.05, 0) is 43.9 Å². The van der Waals surface area contributed by atoms with Crippen molar-refractivity contribution >= 4 is 11.8 Å². The van der Waals surface area contributed by atoms with Crippen LogP contribution in [-0.2, 0) is 9.59 Å². The maximum atomic E-state index is 12.8. The zero-order valence-corrected chi connectivity index (χ0v) is 13.2. The van der Waals surface area contributed by atoms with Gasteiger partial charge in [0.15, 0.2) is 0 Å². The summed E-state index contributed by atoms with van der Waals surface area (Å²) in [5, 5.41) is 0. The SMILES string of the molecule is CC1CCCC(CN2CCC(=O)N3CCCCC3C2=O)C1. The summed E-state index contributed by atoms with van der Waals surface area (Å²) < 4.78 is 0. The lowest BCUT2D eigenvalue weighted by molar-refractivity contribution is -0.143. The number of nitrogens with zero attached hydrogens (tertiary/aromatic N) is 2. The number of hydrogen-bond donors (Lipinski definition) is 0. The third kappa shape index (κ3) is 3.24. The molecule has 2 amide bonds. The van der Waals surface area contributed by atoms with Crippen molar-refractivity contribution < 1.29 is 9.59 Å². The quantitative estimate of drug-likeness (QED) is 0.784. The Hall–Kier alpha value is -1.06. The van der Waals surface area contributed by atoms with Crippen LogP contribution in [0.4, 0.5) is 0 Å². The van der Waals surface area contributed by atoms with Crippen LogP contribution in [0, 0.1) is 11.8 Å². The predicted octanol–water partition coefficient (Wildman–Crippen LogP) is 2.43. The Labute approximate surface area is 127 Å². The van der Waals surface area contributed by atoms with Crippen LogP contribution in [0.1, 0.15) is 58.3 Å². The van der Waals surface area contributed by atoms with Crippen LogP contribution in [0.25, 0.3) is 0 Å². The van der Waals surface area contributed by atoms with E-state index in [-0.39, 0.29) is 17.9 Å². The average molecular weight is 292 g/mol. The monoisotopic (exact) mass is 292 g/mol. The highest BCUT2D eigenvalue weighted by atomic mass is 16.2. The number of hydrogen-bond acceptors (Lipinski definition) is 2. The molecule has 3 aliphatic rings. The average Bonchev–Trinajstić information content (AvgIpc) is 2.60. The number of amides is 2. The molecule has 3 rings (SSSR count). The van der Waals surface area contributed by atoms with Gasteiger partial charge in [0.1, 0.15) is 6.04 Å². The van der Waals surface area contributed by atoms with Gasteiger partial charge in [0.2, 0.25) is 11.8 Å². The van der Waals surface area contributed by atoms with Gasteiger partial charge < -0.3 is 9.80 Å². The molecule has 0 N–H and O–H groups in total. The highest BCUT2D eigenvalue weighted by Gasteiger charge is 2.38. The standard InChI is InChI=1S/C17H28N2O2/c1-13-5-4-6-14(11-13)12-18-10-8-16(20)19-9-3-2-7-15(19)17(18)21/h13-15H,2-12H2,1H3. The Morgan fingerprint density at radius 2 is 1.90 bits per heavy atom. The Morgan fingerprint density at radius 1 is 1.05 bits per heavy atom. The van der Waals surface area contributed by atoms with Crippen molar-refractivity contribution in [3.63, 3.8) is 0 Å². The fraction of sp³-hybridized carbons (Fsp3) is 0.882. The first kappa shape index (κ1) is 14.9. The summed E-state index contributed by atoms with van der Waals surface area (Å²) in [6.45, 7) is 4.61. The Morgan fingerprint density at radius 3 is 2.71 bits per heavy atom. The number of fused-ring (bicyclic) bond motifs is 1. The molecule has 0 spiro atoms. The second kappa shape index (κ2) is 6.37. The Kier molecular flexibility index (Phi) is 4.51. The third-order valence-electron chi connectivity index (χ3n) is 5.54. The first-order valence-electron chi connectivity index (χ1n) is 8.73. The van der Waals surface area contributed by atoms with Crippen LogP contribution in [0.15, 0.2) is 0 Å². The van der Waals surface area contributed by atoms with Crippen LogP contribution in [0.5, 0.6) is 0 Å². The molecular weight excluding hydrogens is 264 g/mol. The minimum atomic E-state index is -0.158. The lowest BCUT2D eigenvalue weighted by Crippen LogP contribution is -2.50. The number of rotatable bonds is 2. The van der Waals surface area contributed by atoms with Gasteiger partial charge in [-0.3, -0.25) is 9.59 Å². The predicted molar refractivity (Wildman–Crippen MR) is 81.7 cm³/mol. The van der Waals surface area contributed by atoms with E-state index in [2.05, 4.69) is 6.92 Å². The van der Waals surface area contributed by atoms with Crippen molar-refractivity contribution in [3.05, 3.63) is 0 Å². The molecule has 3 unspecified atom stereocenters. The fourth-order valence-corrected chi connectivity index (χ4v) is 4.40. The van der Waals surface area contributed by atoms with Crippen LogP contribution in [-0.4, -0.2) is 47.3 Å². The molecule has 4 nitrogen and oxygen atoms in total. The summed E-state index contributed by atoms with van der Waals surface area (Å²) in [5.74, 6) is 1.84. The molecule has 2 saturated heterocycles. The largest absolute Gasteiger partial charge is 0.340 e. The van der Waals surface area contributed by atoms with E-state index in [1.165, 1.54) is 25.7 Å². The maximum absolute atomic E-state index is 12.8. The summed E-state index contributed by atoms with van der Waals surface area (Å²) in [7, 11) is 0. The minimum Gasteiger partial charge on any atom is -0.340 e. The molecule has 1 aliphatic carbocycles. The van der Waals surface area contributed by atoms with Crippen molar-refractivity contribution in [1.82, 2.24) is 9.80 Å². The molecule has 21 heavy (non-hydrogen) atoms. The molecule has 1 saturated carbocycles. The van der Waals surface area contributed by atoms with Gasteiger partial charge in [-0.1, -0.05) is 19.8 Å². The van der Waals surface area contributed by atoms with E-state index < -0.39 is 0 Å². The number of carbonyl (C=O) groups excluding carboxylic acids is 2. The van der Waals surface area contributed by atoms with Crippen LogP contribution in [0.3, 0.4) is 0 Å². The molecule has 2 aliphatic heterocycles. The zero-order valence-electron chi connectivity index (χ0n) is 13.2. The van der Waals surface area contributed by atoms with Gasteiger partial charge in [0.25, 0.3) is 0 Å². The first-order valence-corrected chi connectivity index (χ1v) is 8.73. The molecule has 3 fully saturated rings. The summed E-state index contributed by atoms with van der Waals surface area (Å²) >= 11 is 0. The van der Waals surface area contributed by atoms with Crippen LogP contribution >= 0.6 is 0 Å². The highest BCUT2D eigenvalue weighted by Crippen LogP contribution is 2.30. The Balaban J connectivity index is 1.67. The lowest BCUT2D eigenvalue weighted by atomic mass is 9.82. The number of carbonyl (C=O) groups is 2. The summed E-state index contributed by atoms with van der Waals surface area (Å²) in [6, 6.07) is -0.158. The van der Waals surface area contributed by atoms with Crippen molar-refractivity contribution in [2.75, 3.05) is 19.6 Å². The molecule has 0 bridgehead atoms. The van der Waals surface area contributed by atoms with E-state index in [0.29, 0.717) is 18.9 Å². The van der Waals surface area contributed by atoms with Crippen LogP contribution in [0.2, 0.25) is 0 Å². The van der Waals surface area contributed by atoms with Gasteiger partial charge >= 0.3 is 0 Å². The molecule has 3 atom stereocenters. The molecule has 4 heteroatoms. The molecular formula is C17H28N2O2. The lowest BCUT2D eigenvalue weighted by Gasteiger charge is -2.36. The molecule has 2 heterocycles. The van der Waals surface area contributed by atoms with E-state index in [4.69, 9.17) is 0 Å². The van der Waals surface area contributed by atoms with Gasteiger partial charge in [-0.25, -0.2) is 0 Å². The minimum absolute atomic E-state index is 0.158. The normalized spacial score (nSPS) is 34.6. The van der Waals surface area contributed by atoms with E-state index in [1.54, 1.807) is 0 Å². The van der Waals surface area contributed by atoms with E-state index in [1.807, 2.05) is 9.80 Å². The van der Waals surface area contributed by atoms with Gasteiger partial charge in [0.05, 0.1) is 0 Å². The van der Waals surface area contributed by atoms with Gasteiger partial charge in [-0.15, -0.1) is 0 Å². The van der Waals surface area contributed by atoms with Crippen molar-refractivity contribution in [2.45, 2.75) is 64.3 Å². The van der Waals surface area contributed by atoms with Gasteiger partial charge in [0, 0.05) is 26.1 Å². The molecule has 0 aromatic carbocycles. The highest BCUT2D eigenvalue weighted by molar-refractivity contribution is 5.90. The van der Waals surface area contributed by atoms with Crippen molar-refractivity contribution in [1.29, 1.82) is 0 Å². The van der Waals surface area contributed by atoms with Gasteiger partial charge in [-0.2, -0.15) is 0 Å². The third-order valence-corrected chi connectivity index (χ3v) is 5.54.